The predicted octanol–water partition coefficient (Wildman–Crippen LogP) is 2.08. The van der Waals surface area contributed by atoms with Crippen LogP contribution in [0.3, 0.4) is 0 Å². The van der Waals surface area contributed by atoms with E-state index in [1.807, 2.05) is 0 Å². The van der Waals surface area contributed by atoms with Crippen molar-refractivity contribution in [2.45, 2.75) is 0 Å². The molecule has 3 rings (SSSR count). The molecule has 9 heteroatoms. The fraction of sp³-hybridized carbons (Fsp3) is 0.150. The maximum atomic E-state index is 12.9. The highest BCUT2D eigenvalue weighted by Gasteiger charge is 2.41. The van der Waals surface area contributed by atoms with Crippen molar-refractivity contribution < 1.29 is 28.7 Å². The van der Waals surface area contributed by atoms with E-state index in [0.29, 0.717) is 0 Å². The van der Waals surface area contributed by atoms with E-state index >= 15 is 0 Å². The van der Waals surface area contributed by atoms with Crippen LogP contribution >= 0.6 is 0 Å². The molecule has 1 atom stereocenters. The van der Waals surface area contributed by atoms with Crippen molar-refractivity contribution in [3.63, 3.8) is 0 Å². The number of rotatable bonds is 5. The van der Waals surface area contributed by atoms with Gasteiger partial charge in [-0.05, 0) is 24.3 Å². The van der Waals surface area contributed by atoms with Crippen molar-refractivity contribution in [3.05, 3.63) is 54.1 Å². The summed E-state index contributed by atoms with van der Waals surface area (Å²) >= 11 is 0. The van der Waals surface area contributed by atoms with Gasteiger partial charge in [0.2, 0.25) is 5.91 Å². The van der Waals surface area contributed by atoms with Gasteiger partial charge in [-0.2, -0.15) is 0 Å². The fourth-order valence-corrected chi connectivity index (χ4v) is 2.79. The van der Waals surface area contributed by atoms with Crippen molar-refractivity contribution in [2.75, 3.05) is 19.1 Å². The van der Waals surface area contributed by atoms with Crippen LogP contribution in [0.15, 0.2) is 53.5 Å². The lowest BCUT2D eigenvalue weighted by Crippen LogP contribution is -2.58. The van der Waals surface area contributed by atoms with Crippen LogP contribution in [0.5, 0.6) is 5.75 Å². The number of ether oxygens (including phenoxy) is 2. The van der Waals surface area contributed by atoms with Crippen molar-refractivity contribution >= 4 is 41.4 Å². The lowest BCUT2D eigenvalue weighted by molar-refractivity contribution is -0.131. The number of para-hydroxylation sites is 3. The van der Waals surface area contributed by atoms with Crippen LogP contribution in [-0.2, 0) is 14.3 Å². The van der Waals surface area contributed by atoms with Crippen molar-refractivity contribution in [1.82, 2.24) is 5.32 Å². The first kappa shape index (κ1) is 19.7. The van der Waals surface area contributed by atoms with E-state index in [0.717, 1.165) is 11.1 Å². The molecule has 9 nitrogen and oxygen atoms in total. The SMILES string of the molecule is COC(=O)c1ccccc1N=C[C@H]1C(=O)NC(=O)N(c2ccccc2OC)C1=O. The molecule has 4 amide bonds. The summed E-state index contributed by atoms with van der Waals surface area (Å²) in [6, 6.07) is 11.9. The Labute approximate surface area is 165 Å². The fourth-order valence-electron chi connectivity index (χ4n) is 2.79. The van der Waals surface area contributed by atoms with Crippen molar-refractivity contribution in [3.8, 4) is 5.75 Å². The van der Waals surface area contributed by atoms with E-state index in [-0.39, 0.29) is 22.7 Å². The van der Waals surface area contributed by atoms with Crippen LogP contribution in [0.2, 0.25) is 0 Å². The summed E-state index contributed by atoms with van der Waals surface area (Å²) < 4.78 is 9.90. The molecular weight excluding hydrogens is 378 g/mol. The van der Waals surface area contributed by atoms with Gasteiger partial charge in [0.1, 0.15) is 5.75 Å². The molecule has 0 radical (unpaired) electrons. The third kappa shape index (κ3) is 3.84. The number of methoxy groups -OCH3 is 2. The lowest BCUT2D eigenvalue weighted by Gasteiger charge is -2.29. The number of carbonyl (C=O) groups excluding carboxylic acids is 4. The number of aliphatic imine (C=N–C) groups is 1. The van der Waals surface area contributed by atoms with Crippen LogP contribution in [0.4, 0.5) is 16.2 Å². The molecule has 1 N–H and O–H groups in total. The Kier molecular flexibility index (Phi) is 5.68. The first-order valence-electron chi connectivity index (χ1n) is 8.51. The number of esters is 1. The highest BCUT2D eigenvalue weighted by atomic mass is 16.5. The average Bonchev–Trinajstić information content (AvgIpc) is 2.73. The smallest absolute Gasteiger partial charge is 0.340 e. The normalized spacial score (nSPS) is 16.7. The summed E-state index contributed by atoms with van der Waals surface area (Å²) in [5, 5.41) is 2.13. The molecule has 1 aliphatic rings. The van der Waals surface area contributed by atoms with E-state index in [1.165, 1.54) is 32.4 Å². The molecule has 2 aromatic carbocycles. The maximum Gasteiger partial charge on any atom is 0.340 e. The van der Waals surface area contributed by atoms with Crippen molar-refractivity contribution in [2.24, 2.45) is 10.9 Å². The van der Waals surface area contributed by atoms with Gasteiger partial charge >= 0.3 is 12.0 Å². The average molecular weight is 395 g/mol. The number of amides is 4. The first-order chi connectivity index (χ1) is 14.0. The number of imide groups is 2. The number of nitrogens with zero attached hydrogens (tertiary/aromatic N) is 2. The Morgan fingerprint density at radius 2 is 1.76 bits per heavy atom. The second-order valence-electron chi connectivity index (χ2n) is 5.90. The summed E-state index contributed by atoms with van der Waals surface area (Å²) in [6.07, 6.45) is 1.09. The van der Waals surface area contributed by atoms with Gasteiger partial charge in [0.05, 0.1) is 31.2 Å². The summed E-state index contributed by atoms with van der Waals surface area (Å²) in [6.45, 7) is 0. The van der Waals surface area contributed by atoms with Crippen LogP contribution in [0.1, 0.15) is 10.4 Å². The molecule has 0 aliphatic carbocycles. The molecule has 1 saturated heterocycles. The van der Waals surface area contributed by atoms with Gasteiger partial charge in [-0.3, -0.25) is 19.9 Å². The number of hydrogen-bond acceptors (Lipinski definition) is 7. The third-order valence-electron chi connectivity index (χ3n) is 4.20. The van der Waals surface area contributed by atoms with Gasteiger partial charge in [-0.1, -0.05) is 24.3 Å². The second kappa shape index (κ2) is 8.34. The summed E-state index contributed by atoms with van der Waals surface area (Å²) in [4.78, 5) is 54.3. The number of hydrogen-bond donors (Lipinski definition) is 1. The van der Waals surface area contributed by atoms with E-state index in [1.54, 1.807) is 30.3 Å². The van der Waals surface area contributed by atoms with Crippen LogP contribution in [0.25, 0.3) is 0 Å². The number of urea groups is 1. The summed E-state index contributed by atoms with van der Waals surface area (Å²) in [5.41, 5.74) is 0.589. The Morgan fingerprint density at radius 3 is 2.48 bits per heavy atom. The van der Waals surface area contributed by atoms with E-state index in [2.05, 4.69) is 10.3 Å². The number of nitrogens with one attached hydrogen (secondary N) is 1. The van der Waals surface area contributed by atoms with Gasteiger partial charge < -0.3 is 9.47 Å². The zero-order valence-corrected chi connectivity index (χ0v) is 15.6. The molecule has 0 bridgehead atoms. The minimum absolute atomic E-state index is 0.174. The lowest BCUT2D eigenvalue weighted by atomic mass is 10.1. The van der Waals surface area contributed by atoms with E-state index in [9.17, 15) is 19.2 Å². The number of anilines is 1. The van der Waals surface area contributed by atoms with Gasteiger partial charge in [0.25, 0.3) is 5.91 Å². The molecule has 1 heterocycles. The molecule has 148 valence electrons. The molecule has 0 aromatic heterocycles. The van der Waals surface area contributed by atoms with E-state index < -0.39 is 29.7 Å². The van der Waals surface area contributed by atoms with E-state index in [4.69, 9.17) is 9.47 Å². The Hall–Kier alpha value is -4.01. The minimum Gasteiger partial charge on any atom is -0.495 e. The molecule has 2 aromatic rings. The number of benzene rings is 2. The van der Waals surface area contributed by atoms with Crippen LogP contribution < -0.4 is 15.0 Å². The molecule has 0 spiro atoms. The number of barbiturate groups is 1. The summed E-state index contributed by atoms with van der Waals surface area (Å²) in [7, 11) is 2.64. The minimum atomic E-state index is -1.37. The second-order valence-corrected chi connectivity index (χ2v) is 5.90. The highest BCUT2D eigenvalue weighted by Crippen LogP contribution is 2.30. The standard InChI is InChI=1S/C20H17N3O6/c1-28-16-10-6-5-9-15(16)23-18(25)13(17(24)22-20(23)27)11-21-14-8-4-3-7-12(14)19(26)29-2/h3-11,13H,1-2H3,(H,22,24,27)/t13-/m0/s1. The molecule has 29 heavy (non-hydrogen) atoms. The zero-order valence-electron chi connectivity index (χ0n) is 15.6. The number of carbonyl (C=O) groups is 4. The summed E-state index contributed by atoms with van der Waals surface area (Å²) in [5.74, 6) is -3.30. The zero-order chi connectivity index (χ0) is 21.0. The topological polar surface area (TPSA) is 114 Å². The van der Waals surface area contributed by atoms with Gasteiger partial charge in [-0.25, -0.2) is 14.5 Å². The largest absolute Gasteiger partial charge is 0.495 e. The Morgan fingerprint density at radius 1 is 1.07 bits per heavy atom. The molecular formula is C20H17N3O6. The Bertz CT molecular complexity index is 1020. The predicted molar refractivity (Wildman–Crippen MR) is 103 cm³/mol. The monoisotopic (exact) mass is 395 g/mol. The third-order valence-corrected chi connectivity index (χ3v) is 4.20. The van der Waals surface area contributed by atoms with Gasteiger partial charge in [-0.15, -0.1) is 0 Å². The first-order valence-corrected chi connectivity index (χ1v) is 8.51. The van der Waals surface area contributed by atoms with Gasteiger partial charge in [0.15, 0.2) is 5.92 Å². The maximum absolute atomic E-state index is 12.9. The molecule has 1 aliphatic heterocycles. The van der Waals surface area contributed by atoms with Crippen molar-refractivity contribution in [1.29, 1.82) is 0 Å². The highest BCUT2D eigenvalue weighted by molar-refractivity contribution is 6.33. The quantitative estimate of drug-likeness (QED) is 0.471. The molecule has 0 saturated carbocycles. The Balaban J connectivity index is 1.95. The molecule has 0 unspecified atom stereocenters. The van der Waals surface area contributed by atoms with Crippen LogP contribution in [0, 0.1) is 5.92 Å². The van der Waals surface area contributed by atoms with Gasteiger partial charge in [0, 0.05) is 6.21 Å². The molecule has 1 fully saturated rings. The van der Waals surface area contributed by atoms with Crippen LogP contribution in [-0.4, -0.2) is 44.2 Å².